The third-order valence-electron chi connectivity index (χ3n) is 5.25. The van der Waals surface area contributed by atoms with E-state index in [1.807, 2.05) is 0 Å². The van der Waals surface area contributed by atoms with Crippen molar-refractivity contribution in [3.63, 3.8) is 0 Å². The van der Waals surface area contributed by atoms with Crippen LogP contribution in [0.2, 0.25) is 0 Å². The van der Waals surface area contributed by atoms with Gasteiger partial charge >= 0.3 is 5.97 Å². The number of aromatic hydroxyl groups is 7. The van der Waals surface area contributed by atoms with Gasteiger partial charge in [0.25, 0.3) is 5.88 Å². The Hall–Kier alpha value is -4.54. The number of hydrogen-bond acceptors (Lipinski definition) is 10. The number of benzene rings is 2. The molecule has 0 fully saturated rings. The molecular weight excluding hydrogens is 426 g/mol. The van der Waals surface area contributed by atoms with Gasteiger partial charge in [0.2, 0.25) is 0 Å². The Bertz CT molecular complexity index is 1230. The number of phenols is 5. The van der Waals surface area contributed by atoms with Crippen molar-refractivity contribution in [1.82, 2.24) is 4.98 Å². The van der Waals surface area contributed by atoms with Gasteiger partial charge in [-0.3, -0.25) is 0 Å². The van der Waals surface area contributed by atoms with Gasteiger partial charge < -0.3 is 45.6 Å². The fourth-order valence-corrected chi connectivity index (χ4v) is 3.80. The molecule has 1 unspecified atom stereocenters. The predicted octanol–water partition coefficient (Wildman–Crippen LogP) is 2.18. The molecule has 11 heteroatoms. The topological polar surface area (TPSA) is 201 Å². The number of carbonyl (C=O) groups is 1. The van der Waals surface area contributed by atoms with E-state index >= 15 is 0 Å². The summed E-state index contributed by atoms with van der Waals surface area (Å²) in [6, 6.07) is 5.48. The minimum Gasteiger partial charge on any atom is -0.508 e. The monoisotopic (exact) mass is 443 g/mol. The van der Waals surface area contributed by atoms with E-state index < -0.39 is 52.6 Å². The van der Waals surface area contributed by atoms with E-state index in [1.165, 1.54) is 6.07 Å². The van der Waals surface area contributed by atoms with Crippen molar-refractivity contribution in [2.75, 3.05) is 0 Å². The average Bonchev–Trinajstić information content (AvgIpc) is 2.72. The summed E-state index contributed by atoms with van der Waals surface area (Å²) in [4.78, 5) is 15.3. The fraction of sp³-hybridized carbons (Fsp3) is 0.143. The highest BCUT2D eigenvalue weighted by Crippen LogP contribution is 2.51. The summed E-state index contributed by atoms with van der Waals surface area (Å²) < 4.78 is 5.91. The largest absolute Gasteiger partial charge is 0.508 e. The first-order valence-corrected chi connectivity index (χ1v) is 9.19. The molecule has 4 rings (SSSR count). The van der Waals surface area contributed by atoms with Crippen LogP contribution in [0.15, 0.2) is 30.3 Å². The Balaban J connectivity index is 1.96. The van der Waals surface area contributed by atoms with Crippen LogP contribution in [0.5, 0.6) is 46.1 Å². The van der Waals surface area contributed by atoms with Gasteiger partial charge in [0.05, 0.1) is 0 Å². The molecule has 1 aliphatic rings. The standard InChI is InChI=1S/C21H17NO10/c23-8-3-12(24)11-5-10(9-6-15(27)20(29)22-17(9)21(30)31)19(32-16(11)4-8)7-1-13(25)18(28)14(26)2-7/h1-4,6,10,19,23-28H,5H2,(H,22,29)(H,30,31)/t10?,19-/m0/s1. The van der Waals surface area contributed by atoms with Crippen LogP contribution >= 0.6 is 0 Å². The number of ether oxygens (including phenoxy) is 1. The van der Waals surface area contributed by atoms with Crippen molar-refractivity contribution in [2.24, 2.45) is 0 Å². The Morgan fingerprint density at radius 2 is 1.53 bits per heavy atom. The first-order chi connectivity index (χ1) is 15.1. The second kappa shape index (κ2) is 7.30. The highest BCUT2D eigenvalue weighted by Gasteiger charge is 2.38. The van der Waals surface area contributed by atoms with Gasteiger partial charge in [-0.2, -0.15) is 0 Å². The second-order valence-corrected chi connectivity index (χ2v) is 7.27. The van der Waals surface area contributed by atoms with Crippen molar-refractivity contribution in [2.45, 2.75) is 18.4 Å². The first-order valence-electron chi connectivity index (χ1n) is 9.19. The molecular formula is C21H17NO10. The highest BCUT2D eigenvalue weighted by atomic mass is 16.5. The van der Waals surface area contributed by atoms with Crippen molar-refractivity contribution in [3.05, 3.63) is 52.7 Å². The van der Waals surface area contributed by atoms with Crippen LogP contribution in [0.3, 0.4) is 0 Å². The van der Waals surface area contributed by atoms with Crippen LogP contribution in [0.4, 0.5) is 0 Å². The van der Waals surface area contributed by atoms with Gasteiger partial charge in [-0.15, -0.1) is 0 Å². The lowest BCUT2D eigenvalue weighted by atomic mass is 9.80. The molecule has 0 saturated carbocycles. The smallest absolute Gasteiger partial charge is 0.354 e. The number of rotatable bonds is 3. The minimum atomic E-state index is -1.51. The number of aromatic nitrogens is 1. The maximum absolute atomic E-state index is 11.8. The van der Waals surface area contributed by atoms with E-state index in [-0.39, 0.29) is 40.4 Å². The van der Waals surface area contributed by atoms with E-state index in [2.05, 4.69) is 4.98 Å². The van der Waals surface area contributed by atoms with Crippen molar-refractivity contribution >= 4 is 5.97 Å². The van der Waals surface area contributed by atoms with Gasteiger partial charge in [0, 0.05) is 29.2 Å². The van der Waals surface area contributed by atoms with Crippen molar-refractivity contribution < 1.29 is 50.4 Å². The molecule has 8 N–H and O–H groups in total. The van der Waals surface area contributed by atoms with Crippen LogP contribution in [0.25, 0.3) is 0 Å². The molecule has 32 heavy (non-hydrogen) atoms. The number of fused-ring (bicyclic) bond motifs is 1. The highest BCUT2D eigenvalue weighted by molar-refractivity contribution is 5.88. The zero-order valence-electron chi connectivity index (χ0n) is 16.1. The first kappa shape index (κ1) is 20.7. The Morgan fingerprint density at radius 1 is 0.875 bits per heavy atom. The minimum absolute atomic E-state index is 0.0589. The van der Waals surface area contributed by atoms with Gasteiger partial charge in [-0.05, 0) is 30.2 Å². The summed E-state index contributed by atoms with van der Waals surface area (Å²) in [5, 5.41) is 78.9. The number of phenolic OH excluding ortho intramolecular Hbond substituents is 5. The normalized spacial score (nSPS) is 17.4. The lowest BCUT2D eigenvalue weighted by molar-refractivity contribution is 0.0684. The van der Waals surface area contributed by atoms with E-state index in [0.29, 0.717) is 0 Å². The van der Waals surface area contributed by atoms with Gasteiger partial charge in [0.1, 0.15) is 23.4 Å². The third-order valence-corrected chi connectivity index (χ3v) is 5.25. The zero-order valence-corrected chi connectivity index (χ0v) is 16.1. The molecule has 2 atom stereocenters. The number of pyridine rings is 1. The molecule has 0 amide bonds. The van der Waals surface area contributed by atoms with E-state index in [0.717, 1.165) is 24.3 Å². The molecule has 0 spiro atoms. The summed E-state index contributed by atoms with van der Waals surface area (Å²) in [7, 11) is 0. The lowest BCUT2D eigenvalue weighted by Gasteiger charge is -2.35. The molecule has 0 aliphatic carbocycles. The van der Waals surface area contributed by atoms with Crippen LogP contribution in [-0.2, 0) is 6.42 Å². The molecule has 0 radical (unpaired) electrons. The number of hydrogen-bond donors (Lipinski definition) is 8. The SMILES string of the molecule is O=C(O)c1nc(O)c(O)cc1C1Cc2c(O)cc(O)cc2O[C@H]1c1cc(O)c(O)c(O)c1. The van der Waals surface area contributed by atoms with E-state index in [1.54, 1.807) is 0 Å². The van der Waals surface area contributed by atoms with Gasteiger partial charge in [-0.1, -0.05) is 0 Å². The molecule has 0 saturated heterocycles. The predicted molar refractivity (Wildman–Crippen MR) is 106 cm³/mol. The van der Waals surface area contributed by atoms with Gasteiger partial charge in [-0.25, -0.2) is 9.78 Å². The lowest BCUT2D eigenvalue weighted by Crippen LogP contribution is -2.26. The quantitative estimate of drug-likeness (QED) is 0.276. The van der Waals surface area contributed by atoms with Gasteiger partial charge in [0.15, 0.2) is 28.7 Å². The van der Waals surface area contributed by atoms with Crippen LogP contribution < -0.4 is 4.74 Å². The molecule has 1 aromatic heterocycles. The van der Waals surface area contributed by atoms with Crippen molar-refractivity contribution in [1.29, 1.82) is 0 Å². The molecule has 0 bridgehead atoms. The van der Waals surface area contributed by atoms with Crippen LogP contribution in [0, 0.1) is 0 Å². The average molecular weight is 443 g/mol. The Kier molecular flexibility index (Phi) is 4.73. The number of aromatic carboxylic acids is 1. The van der Waals surface area contributed by atoms with Crippen molar-refractivity contribution in [3.8, 4) is 46.1 Å². The Labute approximate surface area is 179 Å². The maximum Gasteiger partial charge on any atom is 0.354 e. The molecule has 2 aromatic carbocycles. The summed E-state index contributed by atoms with van der Waals surface area (Å²) in [5.74, 6) is -6.74. The molecule has 1 aliphatic heterocycles. The zero-order chi connectivity index (χ0) is 23.3. The second-order valence-electron chi connectivity index (χ2n) is 7.27. The van der Waals surface area contributed by atoms with Crippen LogP contribution in [0.1, 0.15) is 39.2 Å². The third kappa shape index (κ3) is 3.35. The molecule has 3 aromatic rings. The summed E-state index contributed by atoms with van der Waals surface area (Å²) in [6.07, 6.45) is -1.20. The number of carboxylic acids is 1. The molecule has 11 nitrogen and oxygen atoms in total. The summed E-state index contributed by atoms with van der Waals surface area (Å²) >= 11 is 0. The summed E-state index contributed by atoms with van der Waals surface area (Å²) in [5.41, 5.74) is -0.323. The number of nitrogens with zero attached hydrogens (tertiary/aromatic N) is 1. The van der Waals surface area contributed by atoms with E-state index in [9.17, 15) is 45.6 Å². The molecule has 2 heterocycles. The molecule has 166 valence electrons. The van der Waals surface area contributed by atoms with E-state index in [4.69, 9.17) is 4.74 Å². The Morgan fingerprint density at radius 3 is 2.16 bits per heavy atom. The fourth-order valence-electron chi connectivity index (χ4n) is 3.80. The number of carboxylic acid groups (broad SMARTS) is 1. The summed E-state index contributed by atoms with van der Waals surface area (Å²) in [6.45, 7) is 0. The maximum atomic E-state index is 11.8. The van der Waals surface area contributed by atoms with Crippen LogP contribution in [-0.4, -0.2) is 51.8 Å².